The van der Waals surface area contributed by atoms with E-state index in [2.05, 4.69) is 31.0 Å². The Morgan fingerprint density at radius 1 is 1.26 bits per heavy atom. The van der Waals surface area contributed by atoms with Crippen LogP contribution >= 0.6 is 22.7 Å². The number of thiophene rings is 1. The van der Waals surface area contributed by atoms with Crippen molar-refractivity contribution in [2.75, 3.05) is 6.61 Å². The molecule has 1 atom stereocenters. The molecule has 0 amide bonds. The Hall–Kier alpha value is -2.77. The summed E-state index contributed by atoms with van der Waals surface area (Å²) in [6, 6.07) is 11.5. The topological polar surface area (TPSA) is 60.7 Å². The molecule has 0 bridgehead atoms. The van der Waals surface area contributed by atoms with Crippen LogP contribution in [-0.2, 0) is 9.53 Å². The van der Waals surface area contributed by atoms with Crippen LogP contribution in [-0.4, -0.2) is 17.1 Å². The molecule has 0 spiro atoms. The van der Waals surface area contributed by atoms with E-state index in [9.17, 15) is 9.59 Å². The van der Waals surface area contributed by atoms with Gasteiger partial charge in [-0.15, -0.1) is 11.3 Å². The number of hydrogen-bond donors (Lipinski definition) is 0. The molecule has 5 nitrogen and oxygen atoms in total. The Balaban J connectivity index is 1.94. The lowest BCUT2D eigenvalue weighted by molar-refractivity contribution is -0.139. The molecule has 2 aromatic heterocycles. The Kier molecular flexibility index (Phi) is 6.07. The number of aromatic nitrogens is 1. The number of benzene rings is 1. The van der Waals surface area contributed by atoms with Gasteiger partial charge >= 0.3 is 5.97 Å². The maximum atomic E-state index is 13.4. The van der Waals surface area contributed by atoms with Gasteiger partial charge in [-0.1, -0.05) is 55.5 Å². The zero-order valence-electron chi connectivity index (χ0n) is 17.9. The number of nitrogens with zero attached hydrogens (tertiary/aromatic N) is 2. The minimum Gasteiger partial charge on any atom is -0.463 e. The highest BCUT2D eigenvalue weighted by Gasteiger charge is 2.33. The van der Waals surface area contributed by atoms with Gasteiger partial charge in [0, 0.05) is 4.88 Å². The summed E-state index contributed by atoms with van der Waals surface area (Å²) in [5.41, 5.74) is 2.91. The molecular weight excluding hydrogens is 428 g/mol. The first-order valence-corrected chi connectivity index (χ1v) is 11.9. The number of thiazole rings is 1. The predicted octanol–water partition coefficient (Wildman–Crippen LogP) is 3.98. The second-order valence-electron chi connectivity index (χ2n) is 7.64. The van der Waals surface area contributed by atoms with Crippen LogP contribution in [0.3, 0.4) is 0 Å². The smallest absolute Gasteiger partial charge is 0.338 e. The number of fused-ring (bicyclic) bond motifs is 1. The maximum absolute atomic E-state index is 13.4. The lowest BCUT2D eigenvalue weighted by Gasteiger charge is -2.25. The Labute approximate surface area is 188 Å². The lowest BCUT2D eigenvalue weighted by atomic mass is 9.93. The third-order valence-electron chi connectivity index (χ3n) is 5.25. The third kappa shape index (κ3) is 4.07. The van der Waals surface area contributed by atoms with Crippen molar-refractivity contribution in [2.24, 2.45) is 4.99 Å². The molecule has 0 radical (unpaired) electrons. The van der Waals surface area contributed by atoms with Crippen molar-refractivity contribution in [1.82, 2.24) is 4.57 Å². The molecule has 3 heterocycles. The number of ether oxygens (including phenoxy) is 1. The maximum Gasteiger partial charge on any atom is 0.338 e. The van der Waals surface area contributed by atoms with Crippen molar-refractivity contribution in [1.29, 1.82) is 0 Å². The van der Waals surface area contributed by atoms with Gasteiger partial charge in [-0.3, -0.25) is 9.36 Å². The van der Waals surface area contributed by atoms with E-state index in [0.717, 1.165) is 10.4 Å². The molecule has 4 rings (SSSR count). The molecule has 160 valence electrons. The molecule has 0 unspecified atom stereocenters. The minimum atomic E-state index is -0.568. The average Bonchev–Trinajstić information content (AvgIpc) is 3.35. The molecule has 3 aromatic rings. The van der Waals surface area contributed by atoms with Gasteiger partial charge in [-0.2, -0.15) is 0 Å². The van der Waals surface area contributed by atoms with E-state index in [1.54, 1.807) is 29.8 Å². The summed E-state index contributed by atoms with van der Waals surface area (Å²) in [5, 5.41) is 1.98. The highest BCUT2D eigenvalue weighted by atomic mass is 32.1. The summed E-state index contributed by atoms with van der Waals surface area (Å²) in [4.78, 5) is 32.5. The second-order valence-corrected chi connectivity index (χ2v) is 9.63. The number of allylic oxidation sites excluding steroid dienone is 1. The Morgan fingerprint density at radius 2 is 2.00 bits per heavy atom. The zero-order chi connectivity index (χ0) is 22.1. The number of hydrogen-bond acceptors (Lipinski definition) is 6. The van der Waals surface area contributed by atoms with Crippen LogP contribution in [0.5, 0.6) is 0 Å². The van der Waals surface area contributed by atoms with Gasteiger partial charge in [0.25, 0.3) is 5.56 Å². The van der Waals surface area contributed by atoms with Crippen LogP contribution in [0.15, 0.2) is 62.8 Å². The molecule has 1 aliphatic rings. The van der Waals surface area contributed by atoms with Crippen molar-refractivity contribution >= 4 is 34.7 Å². The fourth-order valence-electron chi connectivity index (χ4n) is 3.67. The molecule has 1 aliphatic heterocycles. The van der Waals surface area contributed by atoms with Crippen LogP contribution in [0, 0.1) is 0 Å². The normalized spacial score (nSPS) is 16.4. The molecule has 0 saturated carbocycles. The number of carbonyl (C=O) groups excluding carboxylic acids is 1. The van der Waals surface area contributed by atoms with Crippen molar-refractivity contribution in [3.8, 4) is 0 Å². The van der Waals surface area contributed by atoms with Crippen molar-refractivity contribution in [3.05, 3.63) is 88.7 Å². The van der Waals surface area contributed by atoms with Crippen LogP contribution in [0.4, 0.5) is 0 Å². The fraction of sp³-hybridized carbons (Fsp3) is 0.292. The first-order valence-electron chi connectivity index (χ1n) is 10.2. The third-order valence-corrected chi connectivity index (χ3v) is 7.05. The van der Waals surface area contributed by atoms with Crippen molar-refractivity contribution in [3.63, 3.8) is 0 Å². The van der Waals surface area contributed by atoms with Crippen molar-refractivity contribution < 1.29 is 9.53 Å². The van der Waals surface area contributed by atoms with E-state index >= 15 is 0 Å². The van der Waals surface area contributed by atoms with Gasteiger partial charge in [0.15, 0.2) is 4.80 Å². The van der Waals surface area contributed by atoms with E-state index in [-0.39, 0.29) is 12.2 Å². The van der Waals surface area contributed by atoms with E-state index in [1.807, 2.05) is 35.7 Å². The van der Waals surface area contributed by atoms with E-state index in [4.69, 9.17) is 4.74 Å². The predicted molar refractivity (Wildman–Crippen MR) is 125 cm³/mol. The molecule has 0 N–H and O–H groups in total. The first-order chi connectivity index (χ1) is 14.9. The number of carbonyl (C=O) groups is 1. The summed E-state index contributed by atoms with van der Waals surface area (Å²) < 4.78 is 7.57. The summed E-state index contributed by atoms with van der Waals surface area (Å²) in [6.45, 7) is 8.11. The van der Waals surface area contributed by atoms with Gasteiger partial charge in [0.1, 0.15) is 0 Å². The Morgan fingerprint density at radius 3 is 2.61 bits per heavy atom. The highest BCUT2D eigenvalue weighted by Crippen LogP contribution is 2.31. The van der Waals surface area contributed by atoms with Gasteiger partial charge in [-0.25, -0.2) is 9.79 Å². The SMILES string of the molecule is CCOC(=O)C1=C(C)N=c2s/c(=C\c3cccs3)c(=O)n2[C@@H]1c1ccc(C(C)C)cc1. The molecule has 31 heavy (non-hydrogen) atoms. The van der Waals surface area contributed by atoms with Gasteiger partial charge < -0.3 is 4.74 Å². The van der Waals surface area contributed by atoms with Crippen LogP contribution in [0.25, 0.3) is 6.08 Å². The second kappa shape index (κ2) is 8.77. The summed E-state index contributed by atoms with van der Waals surface area (Å²) in [5.74, 6) is -0.0436. The van der Waals surface area contributed by atoms with Crippen LogP contribution in [0.1, 0.15) is 55.7 Å². The average molecular weight is 453 g/mol. The molecule has 1 aromatic carbocycles. The molecule has 0 saturated heterocycles. The van der Waals surface area contributed by atoms with Crippen molar-refractivity contribution in [2.45, 2.75) is 39.7 Å². The zero-order valence-corrected chi connectivity index (χ0v) is 19.5. The van der Waals surface area contributed by atoms with E-state index in [1.165, 1.54) is 16.9 Å². The highest BCUT2D eigenvalue weighted by molar-refractivity contribution is 7.11. The lowest BCUT2D eigenvalue weighted by Crippen LogP contribution is -2.39. The van der Waals surface area contributed by atoms with Gasteiger partial charge in [0.05, 0.1) is 28.5 Å². The quantitative estimate of drug-likeness (QED) is 0.550. The van der Waals surface area contributed by atoms with E-state index < -0.39 is 12.0 Å². The largest absolute Gasteiger partial charge is 0.463 e. The summed E-state index contributed by atoms with van der Waals surface area (Å²) in [6.07, 6.45) is 1.89. The summed E-state index contributed by atoms with van der Waals surface area (Å²) >= 11 is 2.92. The first kappa shape index (κ1) is 21.5. The van der Waals surface area contributed by atoms with Gasteiger partial charge in [-0.05, 0) is 48.4 Å². The van der Waals surface area contributed by atoms with Gasteiger partial charge in [0.2, 0.25) is 0 Å². The standard InChI is InChI=1S/C24H24N2O3S2/c1-5-29-23(28)20-15(4)25-24-26(21(20)17-10-8-16(9-11-17)14(2)3)22(27)19(31-24)13-18-7-6-12-30-18/h6-14,21H,5H2,1-4H3/b19-13-/t21-/m1/s1. The number of rotatable bonds is 5. The minimum absolute atomic E-state index is 0.149. The monoisotopic (exact) mass is 452 g/mol. The molecule has 0 aliphatic carbocycles. The molecular formula is C24H24N2O3S2. The fourth-order valence-corrected chi connectivity index (χ4v) is 5.44. The molecule has 0 fully saturated rings. The molecule has 7 heteroatoms. The van der Waals surface area contributed by atoms with E-state index in [0.29, 0.717) is 26.5 Å². The Bertz CT molecular complexity index is 1310. The summed E-state index contributed by atoms with van der Waals surface area (Å²) in [7, 11) is 0. The van der Waals surface area contributed by atoms with Crippen LogP contribution < -0.4 is 14.9 Å². The number of esters is 1. The van der Waals surface area contributed by atoms with Crippen LogP contribution in [0.2, 0.25) is 0 Å².